The number of hydrogen-bond donors (Lipinski definition) is 1. The second kappa shape index (κ2) is 7.10. The van der Waals surface area contributed by atoms with Crippen molar-refractivity contribution < 1.29 is 9.53 Å². The van der Waals surface area contributed by atoms with Gasteiger partial charge in [-0.2, -0.15) is 0 Å². The summed E-state index contributed by atoms with van der Waals surface area (Å²) in [4.78, 5) is 13.9. The van der Waals surface area contributed by atoms with Crippen LogP contribution in [0.4, 0.5) is 4.79 Å². The molecule has 1 aromatic carbocycles. The smallest absolute Gasteiger partial charge is 0.410 e. The van der Waals surface area contributed by atoms with E-state index in [1.807, 2.05) is 45.0 Å². The molecule has 1 fully saturated rings. The van der Waals surface area contributed by atoms with Crippen LogP contribution in [-0.2, 0) is 11.3 Å². The lowest BCUT2D eigenvalue weighted by Crippen LogP contribution is -2.53. The van der Waals surface area contributed by atoms with Crippen LogP contribution in [0.15, 0.2) is 24.3 Å². The summed E-state index contributed by atoms with van der Waals surface area (Å²) in [5.41, 5.74) is 0.813. The highest BCUT2D eigenvalue weighted by Crippen LogP contribution is 2.24. The van der Waals surface area contributed by atoms with Gasteiger partial charge in [0, 0.05) is 30.2 Å². The summed E-state index contributed by atoms with van der Waals surface area (Å²) in [6.45, 7) is 10.2. The van der Waals surface area contributed by atoms with Crippen molar-refractivity contribution in [2.24, 2.45) is 0 Å². The first-order valence-electron chi connectivity index (χ1n) is 8.14. The van der Waals surface area contributed by atoms with Crippen LogP contribution in [0.5, 0.6) is 0 Å². The Morgan fingerprint density at radius 2 is 1.83 bits per heavy atom. The first kappa shape index (κ1) is 18.1. The summed E-state index contributed by atoms with van der Waals surface area (Å²) in [6.07, 6.45) is 1.62. The highest BCUT2D eigenvalue weighted by Gasteiger charge is 2.33. The lowest BCUT2D eigenvalue weighted by molar-refractivity contribution is 0.0157. The van der Waals surface area contributed by atoms with Gasteiger partial charge in [0.1, 0.15) is 5.60 Å². The SMILES string of the molecule is CC1(NCc2ccc(Cl)cc2)CCN(C(=O)OC(C)(C)C)CC1. The molecule has 0 spiro atoms. The molecule has 1 N–H and O–H groups in total. The molecule has 1 saturated heterocycles. The molecular weight excluding hydrogens is 312 g/mol. The van der Waals surface area contributed by atoms with Crippen molar-refractivity contribution >= 4 is 17.7 Å². The highest BCUT2D eigenvalue weighted by atomic mass is 35.5. The van der Waals surface area contributed by atoms with E-state index >= 15 is 0 Å². The van der Waals surface area contributed by atoms with Crippen molar-refractivity contribution in [3.05, 3.63) is 34.9 Å². The fourth-order valence-corrected chi connectivity index (χ4v) is 2.73. The summed E-state index contributed by atoms with van der Waals surface area (Å²) >= 11 is 5.91. The molecule has 4 nitrogen and oxygen atoms in total. The van der Waals surface area contributed by atoms with Gasteiger partial charge in [0.05, 0.1) is 0 Å². The first-order valence-corrected chi connectivity index (χ1v) is 8.52. The van der Waals surface area contributed by atoms with Crippen LogP contribution in [-0.4, -0.2) is 35.2 Å². The predicted molar refractivity (Wildman–Crippen MR) is 93.7 cm³/mol. The van der Waals surface area contributed by atoms with Crippen LogP contribution >= 0.6 is 11.6 Å². The van der Waals surface area contributed by atoms with E-state index in [1.54, 1.807) is 4.90 Å². The van der Waals surface area contributed by atoms with Gasteiger partial charge >= 0.3 is 6.09 Å². The summed E-state index contributed by atoms with van der Waals surface area (Å²) in [5.74, 6) is 0. The second-order valence-electron chi connectivity index (χ2n) is 7.51. The van der Waals surface area contributed by atoms with Crippen LogP contribution in [0.3, 0.4) is 0 Å². The summed E-state index contributed by atoms with van der Waals surface area (Å²) in [5, 5.41) is 4.37. The zero-order valence-electron chi connectivity index (χ0n) is 14.5. The third-order valence-corrected chi connectivity index (χ3v) is 4.40. The van der Waals surface area contributed by atoms with E-state index in [2.05, 4.69) is 12.2 Å². The van der Waals surface area contributed by atoms with Crippen LogP contribution in [0, 0.1) is 0 Å². The molecule has 0 atom stereocenters. The molecule has 1 aliphatic rings. The van der Waals surface area contributed by atoms with Crippen molar-refractivity contribution in [3.8, 4) is 0 Å². The maximum Gasteiger partial charge on any atom is 0.410 e. The van der Waals surface area contributed by atoms with Gasteiger partial charge in [-0.3, -0.25) is 0 Å². The number of carbonyl (C=O) groups excluding carboxylic acids is 1. The van der Waals surface area contributed by atoms with Crippen LogP contribution < -0.4 is 5.32 Å². The number of benzene rings is 1. The van der Waals surface area contributed by atoms with E-state index in [9.17, 15) is 4.79 Å². The molecule has 128 valence electrons. The molecule has 5 heteroatoms. The molecule has 1 amide bonds. The number of amides is 1. The van der Waals surface area contributed by atoms with E-state index < -0.39 is 5.60 Å². The number of piperidine rings is 1. The molecule has 1 heterocycles. The molecule has 1 aromatic rings. The fraction of sp³-hybridized carbons (Fsp3) is 0.611. The van der Waals surface area contributed by atoms with Gasteiger partial charge in [-0.25, -0.2) is 4.79 Å². The van der Waals surface area contributed by atoms with E-state index in [0.29, 0.717) is 0 Å². The number of rotatable bonds is 3. The summed E-state index contributed by atoms with van der Waals surface area (Å²) in [7, 11) is 0. The van der Waals surface area contributed by atoms with Crippen molar-refractivity contribution in [2.45, 2.75) is 58.2 Å². The number of ether oxygens (including phenoxy) is 1. The largest absolute Gasteiger partial charge is 0.444 e. The minimum absolute atomic E-state index is 0.0398. The van der Waals surface area contributed by atoms with E-state index in [1.165, 1.54) is 5.56 Å². The molecular formula is C18H27ClN2O2. The zero-order chi connectivity index (χ0) is 17.1. The third-order valence-electron chi connectivity index (χ3n) is 4.15. The van der Waals surface area contributed by atoms with E-state index in [-0.39, 0.29) is 11.6 Å². The second-order valence-corrected chi connectivity index (χ2v) is 7.94. The molecule has 2 rings (SSSR count). The number of nitrogens with zero attached hydrogens (tertiary/aromatic N) is 1. The quantitative estimate of drug-likeness (QED) is 0.897. The van der Waals surface area contributed by atoms with Crippen LogP contribution in [0.2, 0.25) is 5.02 Å². The Bertz CT molecular complexity index is 529. The Hall–Kier alpha value is -1.26. The average molecular weight is 339 g/mol. The maximum absolute atomic E-state index is 12.1. The van der Waals surface area contributed by atoms with Crippen molar-refractivity contribution in [1.82, 2.24) is 10.2 Å². The Kier molecular flexibility index (Phi) is 5.58. The van der Waals surface area contributed by atoms with Gasteiger partial charge in [-0.1, -0.05) is 23.7 Å². The molecule has 0 bridgehead atoms. The van der Waals surface area contributed by atoms with Gasteiger partial charge in [0.15, 0.2) is 0 Å². The molecule has 0 aromatic heterocycles. The molecule has 0 saturated carbocycles. The summed E-state index contributed by atoms with van der Waals surface area (Å²) < 4.78 is 5.44. The van der Waals surface area contributed by atoms with Crippen molar-refractivity contribution in [1.29, 1.82) is 0 Å². The number of halogens is 1. The van der Waals surface area contributed by atoms with Gasteiger partial charge in [0.2, 0.25) is 0 Å². The van der Waals surface area contributed by atoms with E-state index in [0.717, 1.165) is 37.5 Å². The molecule has 1 aliphatic heterocycles. The average Bonchev–Trinajstić information content (AvgIpc) is 2.46. The minimum atomic E-state index is -0.440. The molecule has 23 heavy (non-hydrogen) atoms. The molecule has 0 unspecified atom stereocenters. The minimum Gasteiger partial charge on any atom is -0.444 e. The number of nitrogens with one attached hydrogen (secondary N) is 1. The Morgan fingerprint density at radius 3 is 2.35 bits per heavy atom. The Labute approximate surface area is 144 Å². The highest BCUT2D eigenvalue weighted by molar-refractivity contribution is 6.30. The van der Waals surface area contributed by atoms with Crippen molar-refractivity contribution in [3.63, 3.8) is 0 Å². The number of likely N-dealkylation sites (tertiary alicyclic amines) is 1. The number of hydrogen-bond acceptors (Lipinski definition) is 3. The van der Waals surface area contributed by atoms with Gasteiger partial charge < -0.3 is 15.0 Å². The topological polar surface area (TPSA) is 41.6 Å². The van der Waals surface area contributed by atoms with Crippen molar-refractivity contribution in [2.75, 3.05) is 13.1 Å². The molecule has 0 aliphatic carbocycles. The normalized spacial score (nSPS) is 17.9. The maximum atomic E-state index is 12.1. The number of carbonyl (C=O) groups is 1. The summed E-state index contributed by atoms with van der Waals surface area (Å²) in [6, 6.07) is 7.89. The predicted octanol–water partition coefficient (Wildman–Crippen LogP) is 4.22. The van der Waals surface area contributed by atoms with Crippen LogP contribution in [0.1, 0.15) is 46.1 Å². The monoisotopic (exact) mass is 338 g/mol. The van der Waals surface area contributed by atoms with Gasteiger partial charge in [-0.15, -0.1) is 0 Å². The van der Waals surface area contributed by atoms with E-state index in [4.69, 9.17) is 16.3 Å². The standard InChI is InChI=1S/C18H27ClN2O2/c1-17(2,3)23-16(22)21-11-9-18(4,10-12-21)20-13-14-5-7-15(19)8-6-14/h5-8,20H,9-13H2,1-4H3. The van der Waals surface area contributed by atoms with Gasteiger partial charge in [-0.05, 0) is 58.2 Å². The molecule has 0 radical (unpaired) electrons. The third kappa shape index (κ3) is 5.70. The van der Waals surface area contributed by atoms with Gasteiger partial charge in [0.25, 0.3) is 0 Å². The lowest BCUT2D eigenvalue weighted by atomic mass is 9.89. The Balaban J connectivity index is 1.82. The fourth-order valence-electron chi connectivity index (χ4n) is 2.60. The lowest BCUT2D eigenvalue weighted by Gasteiger charge is -2.40. The first-order chi connectivity index (χ1) is 10.7. The van der Waals surface area contributed by atoms with Crippen LogP contribution in [0.25, 0.3) is 0 Å². The zero-order valence-corrected chi connectivity index (χ0v) is 15.2. The Morgan fingerprint density at radius 1 is 1.26 bits per heavy atom.